The molecule has 0 aromatic rings. The number of hydrogen-bond donors (Lipinski definition) is 1. The van der Waals surface area contributed by atoms with Gasteiger partial charge in [-0.15, -0.1) is 0 Å². The van der Waals surface area contributed by atoms with Crippen LogP contribution in [-0.4, -0.2) is 17.5 Å². The van der Waals surface area contributed by atoms with E-state index in [1.165, 1.54) is 51.4 Å². The third-order valence-electron chi connectivity index (χ3n) is 9.61. The van der Waals surface area contributed by atoms with Crippen molar-refractivity contribution >= 4 is 5.78 Å². The largest absolute Gasteiger partial charge is 0.396 e. The molecular weight excluding hydrogens is 296 g/mol. The maximum atomic E-state index is 12.7. The van der Waals surface area contributed by atoms with Crippen molar-refractivity contribution in [3.63, 3.8) is 0 Å². The van der Waals surface area contributed by atoms with E-state index < -0.39 is 0 Å². The molecule has 8 atom stereocenters. The van der Waals surface area contributed by atoms with Gasteiger partial charge < -0.3 is 5.11 Å². The second-order valence-electron chi connectivity index (χ2n) is 10.1. The summed E-state index contributed by atoms with van der Waals surface area (Å²) in [6.45, 7) is 7.19. The topological polar surface area (TPSA) is 37.3 Å². The van der Waals surface area contributed by atoms with Gasteiger partial charge in [0.2, 0.25) is 0 Å². The Kier molecular flexibility index (Phi) is 4.14. The minimum atomic E-state index is 0.0205. The van der Waals surface area contributed by atoms with Gasteiger partial charge in [-0.25, -0.2) is 0 Å². The molecule has 2 heteroatoms. The lowest BCUT2D eigenvalue weighted by molar-refractivity contribution is -0.151. The number of Topliss-reactive ketones (excluding diaryl/α,β-unsaturated/α-hetero) is 1. The predicted molar refractivity (Wildman–Crippen MR) is 96.5 cm³/mol. The van der Waals surface area contributed by atoms with Crippen molar-refractivity contribution in [2.45, 2.75) is 78.6 Å². The normalized spacial score (nSPS) is 53.8. The second-order valence-corrected chi connectivity index (χ2v) is 10.1. The highest BCUT2D eigenvalue weighted by Crippen LogP contribution is 2.67. The Balaban J connectivity index is 1.63. The van der Waals surface area contributed by atoms with Gasteiger partial charge in [0.1, 0.15) is 5.78 Å². The summed E-state index contributed by atoms with van der Waals surface area (Å²) >= 11 is 0. The highest BCUT2D eigenvalue weighted by atomic mass is 16.3. The number of ketones is 1. The van der Waals surface area contributed by atoms with Crippen molar-refractivity contribution in [2.75, 3.05) is 6.61 Å². The van der Waals surface area contributed by atoms with Gasteiger partial charge in [-0.05, 0) is 106 Å². The summed E-state index contributed by atoms with van der Waals surface area (Å²) in [5.41, 5.74) is 0.496. The van der Waals surface area contributed by atoms with Gasteiger partial charge in [0.25, 0.3) is 0 Å². The van der Waals surface area contributed by atoms with Crippen molar-refractivity contribution < 1.29 is 9.90 Å². The molecule has 0 radical (unpaired) electrons. The van der Waals surface area contributed by atoms with Crippen LogP contribution in [0.5, 0.6) is 0 Å². The van der Waals surface area contributed by atoms with Gasteiger partial charge >= 0.3 is 0 Å². The molecule has 0 aliphatic heterocycles. The molecule has 0 heterocycles. The lowest BCUT2D eigenvalue weighted by Gasteiger charge is -2.61. The maximum absolute atomic E-state index is 12.7. The smallest absolute Gasteiger partial charge is 0.136 e. The van der Waals surface area contributed by atoms with E-state index in [1.54, 1.807) is 0 Å². The summed E-state index contributed by atoms with van der Waals surface area (Å²) in [5.74, 6) is 4.73. The number of carbonyl (C=O) groups is 1. The van der Waals surface area contributed by atoms with Crippen LogP contribution in [0.4, 0.5) is 0 Å². The fourth-order valence-corrected chi connectivity index (χ4v) is 8.24. The van der Waals surface area contributed by atoms with E-state index in [1.807, 2.05) is 6.92 Å². The van der Waals surface area contributed by atoms with Crippen LogP contribution >= 0.6 is 0 Å². The number of aliphatic hydroxyl groups excluding tert-OH is 1. The van der Waals surface area contributed by atoms with Gasteiger partial charge in [0, 0.05) is 12.0 Å². The number of rotatable bonds is 2. The van der Waals surface area contributed by atoms with Crippen LogP contribution in [0.15, 0.2) is 0 Å². The molecule has 0 bridgehead atoms. The van der Waals surface area contributed by atoms with Crippen LogP contribution in [0, 0.1) is 46.3 Å². The van der Waals surface area contributed by atoms with Crippen molar-refractivity contribution in [2.24, 2.45) is 46.3 Å². The second kappa shape index (κ2) is 5.83. The van der Waals surface area contributed by atoms with E-state index in [-0.39, 0.29) is 5.41 Å². The van der Waals surface area contributed by atoms with Gasteiger partial charge in [-0.2, -0.15) is 0 Å². The zero-order valence-electron chi connectivity index (χ0n) is 15.9. The molecule has 0 amide bonds. The van der Waals surface area contributed by atoms with Crippen molar-refractivity contribution in [3.05, 3.63) is 0 Å². The SMILES string of the molecule is CC(=O)[C@]12CC[C@H]3[C@@H](CC[C@H]4C[C@H](CO)CC[C@@]43C)[C@@H]1CC[C@@H]2C. The quantitative estimate of drug-likeness (QED) is 0.785. The monoisotopic (exact) mass is 332 g/mol. The van der Waals surface area contributed by atoms with Gasteiger partial charge in [-0.1, -0.05) is 13.8 Å². The number of carbonyl (C=O) groups excluding carboxylic acids is 1. The van der Waals surface area contributed by atoms with Crippen LogP contribution in [0.1, 0.15) is 78.6 Å². The molecule has 136 valence electrons. The van der Waals surface area contributed by atoms with Gasteiger partial charge in [0.15, 0.2) is 0 Å². The van der Waals surface area contributed by atoms with Crippen molar-refractivity contribution in [1.29, 1.82) is 0 Å². The Morgan fingerprint density at radius 3 is 2.54 bits per heavy atom. The molecule has 0 aromatic carbocycles. The summed E-state index contributed by atoms with van der Waals surface area (Å²) in [6.07, 6.45) is 11.4. The first kappa shape index (κ1) is 17.1. The predicted octanol–water partition coefficient (Wildman–Crippen LogP) is 4.84. The summed E-state index contributed by atoms with van der Waals surface area (Å²) in [7, 11) is 0. The molecule has 4 aliphatic rings. The molecule has 4 saturated carbocycles. The van der Waals surface area contributed by atoms with Crippen molar-refractivity contribution in [3.8, 4) is 0 Å². The van der Waals surface area contributed by atoms with Crippen molar-refractivity contribution in [1.82, 2.24) is 0 Å². The molecule has 0 unspecified atom stereocenters. The van der Waals surface area contributed by atoms with Gasteiger partial charge in [-0.3, -0.25) is 4.79 Å². The molecule has 4 fully saturated rings. The first-order valence-electron chi connectivity index (χ1n) is 10.6. The molecule has 1 N–H and O–H groups in total. The lowest BCUT2D eigenvalue weighted by Crippen LogP contribution is -2.55. The van der Waals surface area contributed by atoms with Crippen LogP contribution in [0.2, 0.25) is 0 Å². The van der Waals surface area contributed by atoms with E-state index >= 15 is 0 Å². The molecule has 24 heavy (non-hydrogen) atoms. The summed E-state index contributed by atoms with van der Waals surface area (Å²) in [4.78, 5) is 12.7. The third-order valence-corrected chi connectivity index (χ3v) is 9.61. The van der Waals surface area contributed by atoms with Crippen LogP contribution < -0.4 is 0 Å². The average Bonchev–Trinajstić information content (AvgIpc) is 2.92. The minimum Gasteiger partial charge on any atom is -0.396 e. The molecular formula is C22H36O2. The zero-order valence-corrected chi connectivity index (χ0v) is 15.9. The number of fused-ring (bicyclic) bond motifs is 5. The lowest BCUT2D eigenvalue weighted by atomic mass is 9.43. The number of aliphatic hydroxyl groups is 1. The fourth-order valence-electron chi connectivity index (χ4n) is 8.24. The molecule has 0 spiro atoms. The molecule has 2 nitrogen and oxygen atoms in total. The zero-order chi connectivity index (χ0) is 17.1. The Bertz CT molecular complexity index is 514. The maximum Gasteiger partial charge on any atom is 0.136 e. The van der Waals surface area contributed by atoms with E-state index in [9.17, 15) is 9.90 Å². The average molecular weight is 333 g/mol. The highest BCUT2D eigenvalue weighted by molar-refractivity contribution is 5.83. The Morgan fingerprint density at radius 1 is 1.04 bits per heavy atom. The standard InChI is InChI=1S/C22H36O2/c1-14-4-7-20-18-6-5-17-12-16(13-23)8-10-21(17,3)19(18)9-11-22(14,20)15(2)24/h14,16-20,23H,4-13H2,1-3H3/t14-,16+,17-,18+,19-,20-,21-,22+/m0/s1. The minimum absolute atomic E-state index is 0.0205. The summed E-state index contributed by atoms with van der Waals surface area (Å²) in [5, 5.41) is 9.61. The third kappa shape index (κ3) is 2.14. The molecule has 4 aliphatic carbocycles. The molecule has 0 aromatic heterocycles. The first-order chi connectivity index (χ1) is 11.4. The van der Waals surface area contributed by atoms with E-state index in [4.69, 9.17) is 0 Å². The van der Waals surface area contributed by atoms with Crippen LogP contribution in [0.25, 0.3) is 0 Å². The molecule has 4 rings (SSSR count). The van der Waals surface area contributed by atoms with Gasteiger partial charge in [0.05, 0.1) is 0 Å². The Hall–Kier alpha value is -0.370. The van der Waals surface area contributed by atoms with Crippen LogP contribution in [0.3, 0.4) is 0 Å². The first-order valence-corrected chi connectivity index (χ1v) is 10.6. The Morgan fingerprint density at radius 2 is 1.83 bits per heavy atom. The highest BCUT2D eigenvalue weighted by Gasteiger charge is 2.62. The van der Waals surface area contributed by atoms with Crippen LogP contribution in [-0.2, 0) is 4.79 Å². The Labute approximate surface area is 147 Å². The van der Waals surface area contributed by atoms with E-state index in [2.05, 4.69) is 13.8 Å². The van der Waals surface area contributed by atoms with E-state index in [0.29, 0.717) is 35.6 Å². The fraction of sp³-hybridized carbons (Fsp3) is 0.955. The summed E-state index contributed by atoms with van der Waals surface area (Å²) < 4.78 is 0. The number of hydrogen-bond acceptors (Lipinski definition) is 2. The molecule has 0 saturated heterocycles. The summed E-state index contributed by atoms with van der Waals surface area (Å²) in [6, 6.07) is 0. The van der Waals surface area contributed by atoms with E-state index in [0.717, 1.165) is 24.2 Å².